The summed E-state index contributed by atoms with van der Waals surface area (Å²) in [6.07, 6.45) is 4.82. The van der Waals surface area contributed by atoms with Crippen LogP contribution < -0.4 is 5.73 Å². The Balaban J connectivity index is 2.80. The van der Waals surface area contributed by atoms with Gasteiger partial charge in [0.15, 0.2) is 6.29 Å². The van der Waals surface area contributed by atoms with Crippen molar-refractivity contribution in [2.45, 2.75) is 0 Å². The zero-order valence-electron chi connectivity index (χ0n) is 6.81. The Kier molecular flexibility index (Phi) is 2.92. The van der Waals surface area contributed by atoms with E-state index in [-0.39, 0.29) is 0 Å². The van der Waals surface area contributed by atoms with Crippen LogP contribution in [0, 0.1) is 0 Å². The molecule has 0 aliphatic rings. The van der Waals surface area contributed by atoms with Crippen molar-refractivity contribution >= 4 is 18.3 Å². The van der Waals surface area contributed by atoms with E-state index in [4.69, 9.17) is 5.73 Å². The molecule has 1 aromatic rings. The van der Waals surface area contributed by atoms with Crippen molar-refractivity contribution in [3.8, 4) is 0 Å². The van der Waals surface area contributed by atoms with Crippen molar-refractivity contribution in [1.82, 2.24) is 4.98 Å². The Hall–Kier alpha value is -1.97. The number of hydrogen-bond acceptors (Lipinski definition) is 3. The lowest BCUT2D eigenvalue weighted by Crippen LogP contribution is -2.05. The summed E-state index contributed by atoms with van der Waals surface area (Å²) in [5.41, 5.74) is 5.97. The lowest BCUT2D eigenvalue weighted by Gasteiger charge is -1.91. The van der Waals surface area contributed by atoms with Crippen LogP contribution >= 0.6 is 0 Å². The minimum absolute atomic E-state index is 0.497. The van der Waals surface area contributed by atoms with Crippen LogP contribution in [0.5, 0.6) is 0 Å². The van der Waals surface area contributed by atoms with Gasteiger partial charge >= 0.3 is 0 Å². The second-order valence-electron chi connectivity index (χ2n) is 2.37. The van der Waals surface area contributed by atoms with Gasteiger partial charge in [-0.15, -0.1) is 0 Å². The number of carbonyl (C=O) groups excluding carboxylic acids is 2. The molecule has 0 spiro atoms. The van der Waals surface area contributed by atoms with Crippen LogP contribution in [-0.2, 0) is 4.79 Å². The molecule has 0 aromatic carbocycles. The molecular weight excluding hydrogens is 168 g/mol. The highest BCUT2D eigenvalue weighted by Crippen LogP contribution is 1.99. The van der Waals surface area contributed by atoms with E-state index in [1.807, 2.05) is 0 Å². The average Bonchev–Trinajstić information content (AvgIpc) is 2.15. The second-order valence-corrected chi connectivity index (χ2v) is 2.37. The molecule has 0 saturated carbocycles. The van der Waals surface area contributed by atoms with Crippen molar-refractivity contribution in [2.24, 2.45) is 5.73 Å². The Bertz CT molecular complexity index is 341. The Labute approximate surface area is 75.1 Å². The number of carbonyl (C=O) groups is 2. The van der Waals surface area contributed by atoms with Gasteiger partial charge in [-0.25, -0.2) is 0 Å². The maximum absolute atomic E-state index is 10.3. The molecule has 0 unspecified atom stereocenters. The molecule has 1 amide bonds. The van der Waals surface area contributed by atoms with Crippen molar-refractivity contribution in [3.05, 3.63) is 35.7 Å². The van der Waals surface area contributed by atoms with Crippen molar-refractivity contribution in [2.75, 3.05) is 0 Å². The monoisotopic (exact) mass is 176 g/mol. The van der Waals surface area contributed by atoms with E-state index < -0.39 is 5.91 Å². The third-order valence-corrected chi connectivity index (χ3v) is 1.36. The maximum Gasteiger partial charge on any atom is 0.241 e. The lowest BCUT2D eigenvalue weighted by molar-refractivity contribution is -0.113. The number of nitrogens with two attached hydrogens (primary N) is 1. The number of primary amides is 1. The van der Waals surface area contributed by atoms with Gasteiger partial charge < -0.3 is 5.73 Å². The van der Waals surface area contributed by atoms with Gasteiger partial charge in [0.1, 0.15) is 0 Å². The van der Waals surface area contributed by atoms with E-state index in [9.17, 15) is 9.59 Å². The van der Waals surface area contributed by atoms with Gasteiger partial charge in [-0.1, -0.05) is 0 Å². The fraction of sp³-hybridized carbons (Fsp3) is 0. The van der Waals surface area contributed by atoms with Gasteiger partial charge in [0.25, 0.3) is 0 Å². The number of pyridine rings is 1. The quantitative estimate of drug-likeness (QED) is 0.535. The first-order chi connectivity index (χ1) is 6.22. The molecule has 1 rings (SSSR count). The summed E-state index contributed by atoms with van der Waals surface area (Å²) >= 11 is 0. The third-order valence-electron chi connectivity index (χ3n) is 1.36. The highest BCUT2D eigenvalue weighted by atomic mass is 16.1. The molecule has 4 heteroatoms. The minimum atomic E-state index is -0.527. The van der Waals surface area contributed by atoms with E-state index in [0.29, 0.717) is 17.5 Å². The molecule has 66 valence electrons. The standard InChI is InChI=1S/C9H8N2O2/c10-9(13)4-3-8-2-1-7(6-12)5-11-8/h1-6H,(H2,10,13). The molecule has 4 nitrogen and oxygen atoms in total. The summed E-state index contributed by atoms with van der Waals surface area (Å²) in [6, 6.07) is 3.24. The lowest BCUT2D eigenvalue weighted by atomic mass is 10.2. The van der Waals surface area contributed by atoms with Gasteiger partial charge in [-0.2, -0.15) is 0 Å². The Morgan fingerprint density at radius 1 is 1.46 bits per heavy atom. The highest BCUT2D eigenvalue weighted by molar-refractivity contribution is 5.90. The van der Waals surface area contributed by atoms with Crippen LogP contribution in [0.15, 0.2) is 24.4 Å². The summed E-state index contributed by atoms with van der Waals surface area (Å²) in [5.74, 6) is -0.527. The molecule has 0 bridgehead atoms. The molecule has 1 heterocycles. The predicted molar refractivity (Wildman–Crippen MR) is 47.9 cm³/mol. The van der Waals surface area contributed by atoms with Gasteiger partial charge in [0.05, 0.1) is 5.69 Å². The van der Waals surface area contributed by atoms with Crippen molar-refractivity contribution in [3.63, 3.8) is 0 Å². The molecule has 0 atom stereocenters. The summed E-state index contributed by atoms with van der Waals surface area (Å²) in [5, 5.41) is 0. The van der Waals surface area contributed by atoms with Gasteiger partial charge in [0, 0.05) is 17.8 Å². The van der Waals surface area contributed by atoms with Gasteiger partial charge in [-0.3, -0.25) is 14.6 Å². The zero-order valence-corrected chi connectivity index (χ0v) is 6.81. The van der Waals surface area contributed by atoms with Crippen LogP contribution in [0.25, 0.3) is 6.08 Å². The number of aromatic nitrogens is 1. The van der Waals surface area contributed by atoms with Crippen LogP contribution in [0.4, 0.5) is 0 Å². The van der Waals surface area contributed by atoms with Crippen molar-refractivity contribution in [1.29, 1.82) is 0 Å². The summed E-state index contributed by atoms with van der Waals surface area (Å²) < 4.78 is 0. The fourth-order valence-electron chi connectivity index (χ4n) is 0.753. The van der Waals surface area contributed by atoms with Crippen LogP contribution in [0.1, 0.15) is 16.1 Å². The molecule has 2 N–H and O–H groups in total. The average molecular weight is 176 g/mol. The van der Waals surface area contributed by atoms with Gasteiger partial charge in [0.2, 0.25) is 5.91 Å². The summed E-state index contributed by atoms with van der Waals surface area (Å²) in [4.78, 5) is 24.5. The first-order valence-electron chi connectivity index (χ1n) is 3.61. The van der Waals surface area contributed by atoms with Crippen molar-refractivity contribution < 1.29 is 9.59 Å². The van der Waals surface area contributed by atoms with Crippen LogP contribution in [-0.4, -0.2) is 17.2 Å². The van der Waals surface area contributed by atoms with E-state index in [1.165, 1.54) is 18.3 Å². The zero-order chi connectivity index (χ0) is 9.68. The molecule has 0 saturated heterocycles. The molecule has 13 heavy (non-hydrogen) atoms. The number of hydrogen-bond donors (Lipinski definition) is 1. The summed E-state index contributed by atoms with van der Waals surface area (Å²) in [6.45, 7) is 0. The topological polar surface area (TPSA) is 73.1 Å². The molecule has 0 aliphatic carbocycles. The number of nitrogens with zero attached hydrogens (tertiary/aromatic N) is 1. The normalized spacial score (nSPS) is 10.2. The van der Waals surface area contributed by atoms with E-state index in [1.54, 1.807) is 12.1 Å². The highest BCUT2D eigenvalue weighted by Gasteiger charge is 1.91. The number of rotatable bonds is 3. The third kappa shape index (κ3) is 2.86. The van der Waals surface area contributed by atoms with E-state index >= 15 is 0 Å². The first-order valence-corrected chi connectivity index (χ1v) is 3.61. The van der Waals surface area contributed by atoms with Gasteiger partial charge in [-0.05, 0) is 18.2 Å². The summed E-state index contributed by atoms with van der Waals surface area (Å²) in [7, 11) is 0. The second kappa shape index (κ2) is 4.15. The largest absolute Gasteiger partial charge is 0.366 e. The first kappa shape index (κ1) is 9.12. The van der Waals surface area contributed by atoms with E-state index in [0.717, 1.165) is 0 Å². The number of aldehydes is 1. The predicted octanol–water partition coefficient (Wildman–Crippen LogP) is 0.393. The smallest absolute Gasteiger partial charge is 0.241 e. The molecule has 0 fully saturated rings. The fourth-order valence-corrected chi connectivity index (χ4v) is 0.753. The SMILES string of the molecule is NC(=O)C=Cc1ccc(C=O)cn1. The Morgan fingerprint density at radius 3 is 2.69 bits per heavy atom. The van der Waals surface area contributed by atoms with Crippen LogP contribution in [0.2, 0.25) is 0 Å². The molecule has 1 aromatic heterocycles. The molecule has 0 aliphatic heterocycles. The van der Waals surface area contributed by atoms with E-state index in [2.05, 4.69) is 4.98 Å². The van der Waals surface area contributed by atoms with Crippen LogP contribution in [0.3, 0.4) is 0 Å². The number of amides is 1. The minimum Gasteiger partial charge on any atom is -0.366 e. The maximum atomic E-state index is 10.3. The molecular formula is C9H8N2O2. The molecule has 0 radical (unpaired) electrons. The Morgan fingerprint density at radius 2 is 2.23 bits per heavy atom.